The summed E-state index contributed by atoms with van der Waals surface area (Å²) < 4.78 is 23.5. The Bertz CT molecular complexity index is 780. The van der Waals surface area contributed by atoms with Gasteiger partial charge in [0, 0.05) is 0 Å². The van der Waals surface area contributed by atoms with Gasteiger partial charge in [-0.2, -0.15) is 0 Å². The second kappa shape index (κ2) is 9.20. The van der Waals surface area contributed by atoms with Gasteiger partial charge in [-0.1, -0.05) is 29.3 Å². The van der Waals surface area contributed by atoms with Crippen LogP contribution in [-0.4, -0.2) is 24.6 Å². The van der Waals surface area contributed by atoms with Crippen molar-refractivity contribution in [2.24, 2.45) is 0 Å². The van der Waals surface area contributed by atoms with Gasteiger partial charge in [-0.15, -0.1) is 0 Å². The number of anilines is 1. The number of esters is 1. The molecule has 1 atom stereocenters. The van der Waals surface area contributed by atoms with Crippen molar-refractivity contribution in [1.29, 1.82) is 0 Å². The molecule has 7 heteroatoms. The van der Waals surface area contributed by atoms with Gasteiger partial charge >= 0.3 is 5.97 Å². The maximum Gasteiger partial charge on any atom is 0.310 e. The largest absolute Gasteiger partial charge is 0.493 e. The smallest absolute Gasteiger partial charge is 0.310 e. The van der Waals surface area contributed by atoms with E-state index in [4.69, 9.17) is 21.1 Å². The maximum atomic E-state index is 13.0. The van der Waals surface area contributed by atoms with E-state index in [2.05, 4.69) is 5.32 Å². The van der Waals surface area contributed by atoms with Gasteiger partial charge in [0.25, 0.3) is 5.91 Å². The Morgan fingerprint density at radius 1 is 1.19 bits per heavy atom. The summed E-state index contributed by atoms with van der Waals surface area (Å²) in [6.45, 7) is 3.54. The van der Waals surface area contributed by atoms with Crippen molar-refractivity contribution in [1.82, 2.24) is 0 Å². The summed E-state index contributed by atoms with van der Waals surface area (Å²) in [6.07, 6.45) is -1.02. The molecule has 0 aliphatic carbocycles. The predicted octanol–water partition coefficient (Wildman–Crippen LogP) is 4.13. The first kappa shape index (κ1) is 19.7. The summed E-state index contributed by atoms with van der Waals surface area (Å²) in [4.78, 5) is 23.8. The zero-order valence-electron chi connectivity index (χ0n) is 14.4. The molecule has 0 fully saturated rings. The first-order chi connectivity index (χ1) is 12.3. The molecule has 2 rings (SSSR count). The average molecular weight is 380 g/mol. The van der Waals surface area contributed by atoms with Gasteiger partial charge < -0.3 is 14.8 Å². The van der Waals surface area contributed by atoms with Crippen LogP contribution in [-0.2, 0) is 14.3 Å². The van der Waals surface area contributed by atoms with Crippen molar-refractivity contribution in [2.75, 3.05) is 11.9 Å². The van der Waals surface area contributed by atoms with Gasteiger partial charge in [-0.3, -0.25) is 9.59 Å². The zero-order chi connectivity index (χ0) is 19.1. The highest BCUT2D eigenvalue weighted by Gasteiger charge is 2.19. The van der Waals surface area contributed by atoms with E-state index in [1.807, 2.05) is 31.2 Å². The number of nitrogens with one attached hydrogen (secondary N) is 1. The van der Waals surface area contributed by atoms with E-state index in [0.717, 1.165) is 11.6 Å². The number of halogens is 2. The Morgan fingerprint density at radius 2 is 1.88 bits per heavy atom. The van der Waals surface area contributed by atoms with Crippen molar-refractivity contribution in [3.05, 3.63) is 58.9 Å². The maximum absolute atomic E-state index is 13.0. The van der Waals surface area contributed by atoms with Crippen LogP contribution in [0.1, 0.15) is 18.9 Å². The van der Waals surface area contributed by atoms with E-state index in [1.54, 1.807) is 0 Å². The van der Waals surface area contributed by atoms with E-state index >= 15 is 0 Å². The minimum Gasteiger partial charge on any atom is -0.493 e. The van der Waals surface area contributed by atoms with Crippen LogP contribution in [0.5, 0.6) is 5.75 Å². The summed E-state index contributed by atoms with van der Waals surface area (Å²) in [7, 11) is 0. The van der Waals surface area contributed by atoms with E-state index in [-0.39, 0.29) is 23.7 Å². The van der Waals surface area contributed by atoms with Crippen LogP contribution in [0.15, 0.2) is 42.5 Å². The number of amides is 1. The SMILES string of the molecule is Cc1ccc(OCCC(=O)O[C@@H](C)C(=O)Nc2ccc(F)cc2Cl)cc1. The number of hydrogen-bond donors (Lipinski definition) is 1. The number of carbonyl (C=O) groups is 2. The lowest BCUT2D eigenvalue weighted by Crippen LogP contribution is -2.30. The van der Waals surface area contributed by atoms with Crippen LogP contribution in [0.4, 0.5) is 10.1 Å². The van der Waals surface area contributed by atoms with Crippen molar-refractivity contribution < 1.29 is 23.5 Å². The molecule has 0 radical (unpaired) electrons. The Balaban J connectivity index is 1.76. The minimum absolute atomic E-state index is 0.00278. The third kappa shape index (κ3) is 6.04. The normalized spacial score (nSPS) is 11.5. The van der Waals surface area contributed by atoms with Gasteiger partial charge in [0.05, 0.1) is 23.7 Å². The Hall–Kier alpha value is -2.60. The van der Waals surface area contributed by atoms with Gasteiger partial charge in [0.2, 0.25) is 0 Å². The molecule has 26 heavy (non-hydrogen) atoms. The Kier molecular flexibility index (Phi) is 6.97. The van der Waals surface area contributed by atoms with Crippen LogP contribution in [0, 0.1) is 12.7 Å². The second-order valence-electron chi connectivity index (χ2n) is 5.66. The number of benzene rings is 2. The molecular formula is C19H19ClFNO4. The van der Waals surface area contributed by atoms with Crippen LogP contribution < -0.4 is 10.1 Å². The Morgan fingerprint density at radius 3 is 2.54 bits per heavy atom. The van der Waals surface area contributed by atoms with Crippen molar-refractivity contribution >= 4 is 29.2 Å². The number of rotatable bonds is 7. The molecule has 0 saturated heterocycles. The predicted molar refractivity (Wildman–Crippen MR) is 96.9 cm³/mol. The summed E-state index contributed by atoms with van der Waals surface area (Å²) in [5.41, 5.74) is 1.35. The minimum atomic E-state index is -1.03. The molecule has 0 saturated carbocycles. The second-order valence-corrected chi connectivity index (χ2v) is 6.06. The molecule has 0 heterocycles. The van der Waals surface area contributed by atoms with E-state index < -0.39 is 23.8 Å². The molecular weight excluding hydrogens is 361 g/mol. The van der Waals surface area contributed by atoms with Gasteiger partial charge in [-0.05, 0) is 44.2 Å². The fourth-order valence-corrected chi connectivity index (χ4v) is 2.24. The molecule has 0 aliphatic rings. The van der Waals surface area contributed by atoms with E-state index in [1.165, 1.54) is 19.1 Å². The molecule has 1 N–H and O–H groups in total. The molecule has 0 spiro atoms. The third-order valence-electron chi connectivity index (χ3n) is 3.46. The summed E-state index contributed by atoms with van der Waals surface area (Å²) in [6, 6.07) is 11.0. The number of carbonyl (C=O) groups excluding carboxylic acids is 2. The molecule has 1 amide bonds. The lowest BCUT2D eigenvalue weighted by Gasteiger charge is -2.14. The zero-order valence-corrected chi connectivity index (χ0v) is 15.2. The molecule has 0 aliphatic heterocycles. The summed E-state index contributed by atoms with van der Waals surface area (Å²) in [5, 5.41) is 2.54. The Labute approximate surface area is 156 Å². The fraction of sp³-hybridized carbons (Fsp3) is 0.263. The van der Waals surface area contributed by atoms with Crippen LogP contribution in [0.3, 0.4) is 0 Å². The highest BCUT2D eigenvalue weighted by atomic mass is 35.5. The molecule has 0 bridgehead atoms. The first-order valence-corrected chi connectivity index (χ1v) is 8.38. The quantitative estimate of drug-likeness (QED) is 0.735. The monoisotopic (exact) mass is 379 g/mol. The topological polar surface area (TPSA) is 64.6 Å². The molecule has 2 aromatic rings. The van der Waals surface area contributed by atoms with Crippen LogP contribution in [0.2, 0.25) is 5.02 Å². The van der Waals surface area contributed by atoms with Gasteiger partial charge in [0.1, 0.15) is 11.6 Å². The highest BCUT2D eigenvalue weighted by Crippen LogP contribution is 2.22. The number of hydrogen-bond acceptors (Lipinski definition) is 4. The molecule has 0 aromatic heterocycles. The highest BCUT2D eigenvalue weighted by molar-refractivity contribution is 6.33. The first-order valence-electron chi connectivity index (χ1n) is 8.00. The lowest BCUT2D eigenvalue weighted by molar-refractivity contribution is -0.153. The fourth-order valence-electron chi connectivity index (χ4n) is 2.02. The number of aryl methyl sites for hydroxylation is 1. The molecule has 2 aromatic carbocycles. The van der Waals surface area contributed by atoms with Crippen LogP contribution in [0.25, 0.3) is 0 Å². The average Bonchev–Trinajstić information content (AvgIpc) is 2.59. The van der Waals surface area contributed by atoms with Crippen molar-refractivity contribution in [2.45, 2.75) is 26.4 Å². The van der Waals surface area contributed by atoms with Crippen molar-refractivity contribution in [3.63, 3.8) is 0 Å². The van der Waals surface area contributed by atoms with Crippen molar-refractivity contribution in [3.8, 4) is 5.75 Å². The van der Waals surface area contributed by atoms with Gasteiger partial charge in [-0.25, -0.2) is 4.39 Å². The third-order valence-corrected chi connectivity index (χ3v) is 3.78. The lowest BCUT2D eigenvalue weighted by atomic mass is 10.2. The standard InChI is InChI=1S/C19H19ClFNO4/c1-12-3-6-15(7-4-12)25-10-9-18(23)26-13(2)19(24)22-17-8-5-14(21)11-16(17)20/h3-8,11,13H,9-10H2,1-2H3,(H,22,24)/t13-/m0/s1. The molecule has 138 valence electrons. The van der Waals surface area contributed by atoms with Crippen LogP contribution >= 0.6 is 11.6 Å². The van der Waals surface area contributed by atoms with E-state index in [9.17, 15) is 14.0 Å². The van der Waals surface area contributed by atoms with Gasteiger partial charge in [0.15, 0.2) is 6.10 Å². The molecule has 5 nitrogen and oxygen atoms in total. The molecule has 0 unspecified atom stereocenters. The summed E-state index contributed by atoms with van der Waals surface area (Å²) in [5.74, 6) is -0.988. The summed E-state index contributed by atoms with van der Waals surface area (Å²) >= 11 is 5.84. The number of ether oxygens (including phenoxy) is 2. The van der Waals surface area contributed by atoms with E-state index in [0.29, 0.717) is 5.75 Å².